The molecule has 0 aliphatic carbocycles. The first kappa shape index (κ1) is 11.9. The zero-order chi connectivity index (χ0) is 10.1. The summed E-state index contributed by atoms with van der Waals surface area (Å²) in [5.41, 5.74) is 0.0298. The van der Waals surface area contributed by atoms with E-state index in [0.29, 0.717) is 19.6 Å². The highest BCUT2D eigenvalue weighted by Gasteiger charge is 2.03. The zero-order valence-electron chi connectivity index (χ0n) is 7.58. The van der Waals surface area contributed by atoms with E-state index in [-0.39, 0.29) is 12.3 Å². The second-order valence-corrected chi connectivity index (χ2v) is 2.41. The van der Waals surface area contributed by atoms with E-state index >= 15 is 0 Å². The van der Waals surface area contributed by atoms with Crippen LogP contribution >= 0.6 is 0 Å². The number of carbonyl (C=O) groups is 1. The summed E-state index contributed by atoms with van der Waals surface area (Å²) in [5.74, 6) is -0.395. The largest absolute Gasteiger partial charge is 0.410 e. The summed E-state index contributed by atoms with van der Waals surface area (Å²) >= 11 is 0. The van der Waals surface area contributed by atoms with Gasteiger partial charge in [0, 0.05) is 19.6 Å². The predicted octanol–water partition coefficient (Wildman–Crippen LogP) is -1.47. The first-order chi connectivity index (χ1) is 6.22. The fourth-order valence-corrected chi connectivity index (χ4v) is 0.642. The Balaban J connectivity index is 3.38. The molecule has 0 aromatic carbocycles. The number of hydrogen-bond donors (Lipinski definition) is 4. The Kier molecular flexibility index (Phi) is 6.85. The molecule has 6 heteroatoms. The maximum Gasteiger partial charge on any atom is 0.268 e. The van der Waals surface area contributed by atoms with Crippen LogP contribution in [0.25, 0.3) is 0 Å². The Morgan fingerprint density at radius 3 is 2.62 bits per heavy atom. The molecule has 76 valence electrons. The van der Waals surface area contributed by atoms with E-state index in [1.807, 2.05) is 0 Å². The summed E-state index contributed by atoms with van der Waals surface area (Å²) in [7, 11) is 0. The van der Waals surface area contributed by atoms with Gasteiger partial charge in [0.15, 0.2) is 0 Å². The van der Waals surface area contributed by atoms with E-state index < -0.39 is 5.91 Å². The minimum absolute atomic E-state index is 0.0298. The van der Waals surface area contributed by atoms with Crippen molar-refractivity contribution in [2.24, 2.45) is 5.16 Å². The zero-order valence-corrected chi connectivity index (χ0v) is 7.58. The van der Waals surface area contributed by atoms with Crippen LogP contribution in [0.2, 0.25) is 0 Å². The molecule has 0 aromatic heterocycles. The summed E-state index contributed by atoms with van der Waals surface area (Å²) in [4.78, 5) is 10.9. The van der Waals surface area contributed by atoms with Gasteiger partial charge in [0.1, 0.15) is 5.71 Å². The van der Waals surface area contributed by atoms with Crippen LogP contribution in [0, 0.1) is 0 Å². The average molecular weight is 189 g/mol. The van der Waals surface area contributed by atoms with Gasteiger partial charge in [-0.05, 0) is 6.92 Å². The first-order valence-electron chi connectivity index (χ1n) is 4.00. The van der Waals surface area contributed by atoms with Crippen molar-refractivity contribution in [3.8, 4) is 0 Å². The van der Waals surface area contributed by atoms with Gasteiger partial charge >= 0.3 is 0 Å². The summed E-state index contributed by atoms with van der Waals surface area (Å²) in [6, 6.07) is 0. The van der Waals surface area contributed by atoms with Gasteiger partial charge < -0.3 is 20.9 Å². The Hall–Kier alpha value is -1.14. The third-order valence-corrected chi connectivity index (χ3v) is 1.35. The van der Waals surface area contributed by atoms with Crippen LogP contribution in [0.5, 0.6) is 0 Å². The number of carbonyl (C=O) groups excluding carboxylic acids is 1. The number of nitrogens with zero attached hydrogens (tertiary/aromatic N) is 1. The van der Waals surface area contributed by atoms with Crippen LogP contribution in [0.1, 0.15) is 6.92 Å². The minimum Gasteiger partial charge on any atom is -0.410 e. The molecule has 0 heterocycles. The van der Waals surface area contributed by atoms with Gasteiger partial charge in [0.25, 0.3) is 5.91 Å². The van der Waals surface area contributed by atoms with E-state index in [2.05, 4.69) is 15.8 Å². The van der Waals surface area contributed by atoms with Crippen molar-refractivity contribution >= 4 is 11.6 Å². The lowest BCUT2D eigenvalue weighted by Gasteiger charge is -2.04. The molecule has 0 fully saturated rings. The van der Waals surface area contributed by atoms with Gasteiger partial charge in [-0.1, -0.05) is 5.16 Å². The Bertz CT molecular complexity index is 182. The number of rotatable bonds is 6. The van der Waals surface area contributed by atoms with Gasteiger partial charge in [0.2, 0.25) is 0 Å². The van der Waals surface area contributed by atoms with Crippen LogP contribution in [-0.2, 0) is 4.79 Å². The van der Waals surface area contributed by atoms with Crippen molar-refractivity contribution < 1.29 is 15.1 Å². The predicted molar refractivity (Wildman–Crippen MR) is 47.9 cm³/mol. The molecular formula is C7H15N3O3. The maximum atomic E-state index is 10.9. The van der Waals surface area contributed by atoms with Crippen molar-refractivity contribution in [1.82, 2.24) is 10.6 Å². The molecule has 1 amide bonds. The van der Waals surface area contributed by atoms with E-state index in [0.717, 1.165) is 0 Å². The maximum absolute atomic E-state index is 10.9. The number of aliphatic hydroxyl groups excluding tert-OH is 1. The standard InChI is InChI=1S/C7H15N3O3/c1-6(10-13)7(12)9-3-2-8-4-5-11/h8,11,13H,2-5H2,1H3,(H,9,12)/b10-6+. The van der Waals surface area contributed by atoms with E-state index in [1.54, 1.807) is 0 Å². The second-order valence-electron chi connectivity index (χ2n) is 2.41. The second kappa shape index (κ2) is 7.51. The van der Waals surface area contributed by atoms with Crippen LogP contribution in [0.15, 0.2) is 5.16 Å². The van der Waals surface area contributed by atoms with E-state index in [1.165, 1.54) is 6.92 Å². The van der Waals surface area contributed by atoms with E-state index in [4.69, 9.17) is 10.3 Å². The summed E-state index contributed by atoms with van der Waals surface area (Å²) in [5, 5.41) is 24.8. The molecule has 0 saturated heterocycles. The highest BCUT2D eigenvalue weighted by molar-refractivity contribution is 6.37. The van der Waals surface area contributed by atoms with Crippen LogP contribution in [0.3, 0.4) is 0 Å². The van der Waals surface area contributed by atoms with Gasteiger partial charge in [-0.25, -0.2) is 0 Å². The van der Waals surface area contributed by atoms with Crippen LogP contribution in [0.4, 0.5) is 0 Å². The molecule has 0 saturated carbocycles. The van der Waals surface area contributed by atoms with Crippen molar-refractivity contribution in [2.75, 3.05) is 26.2 Å². The third-order valence-electron chi connectivity index (χ3n) is 1.35. The van der Waals surface area contributed by atoms with Gasteiger partial charge in [0.05, 0.1) is 6.61 Å². The van der Waals surface area contributed by atoms with Crippen molar-refractivity contribution in [3.63, 3.8) is 0 Å². The minimum atomic E-state index is -0.395. The molecule has 0 aromatic rings. The number of aliphatic hydroxyl groups is 1. The molecule has 0 bridgehead atoms. The molecule has 13 heavy (non-hydrogen) atoms. The van der Waals surface area contributed by atoms with Crippen LogP contribution in [-0.4, -0.2) is 48.2 Å². The lowest BCUT2D eigenvalue weighted by molar-refractivity contribution is -0.114. The monoisotopic (exact) mass is 189 g/mol. The normalized spacial score (nSPS) is 11.4. The molecule has 0 radical (unpaired) electrons. The van der Waals surface area contributed by atoms with Gasteiger partial charge in [-0.2, -0.15) is 0 Å². The lowest BCUT2D eigenvalue weighted by Crippen LogP contribution is -2.35. The molecule has 6 nitrogen and oxygen atoms in total. The molecular weight excluding hydrogens is 174 g/mol. The fourth-order valence-electron chi connectivity index (χ4n) is 0.642. The molecule has 0 aliphatic heterocycles. The Morgan fingerprint density at radius 1 is 1.38 bits per heavy atom. The summed E-state index contributed by atoms with van der Waals surface area (Å²) < 4.78 is 0. The number of amides is 1. The first-order valence-corrected chi connectivity index (χ1v) is 4.00. The molecule has 0 rings (SSSR count). The SMILES string of the molecule is C/C(=N\O)C(=O)NCCNCCO. The van der Waals surface area contributed by atoms with Crippen molar-refractivity contribution in [2.45, 2.75) is 6.92 Å². The molecule has 0 spiro atoms. The highest BCUT2D eigenvalue weighted by Crippen LogP contribution is 1.74. The van der Waals surface area contributed by atoms with Crippen molar-refractivity contribution in [3.05, 3.63) is 0 Å². The number of nitrogens with one attached hydrogen (secondary N) is 2. The van der Waals surface area contributed by atoms with Crippen molar-refractivity contribution in [1.29, 1.82) is 0 Å². The summed E-state index contributed by atoms with van der Waals surface area (Å²) in [6.45, 7) is 3.00. The Morgan fingerprint density at radius 2 is 2.08 bits per heavy atom. The highest BCUT2D eigenvalue weighted by atomic mass is 16.4. The molecule has 4 N–H and O–H groups in total. The smallest absolute Gasteiger partial charge is 0.268 e. The number of hydrogen-bond acceptors (Lipinski definition) is 5. The molecule has 0 aliphatic rings. The average Bonchev–Trinajstić information content (AvgIpc) is 2.16. The Labute approximate surface area is 76.6 Å². The topological polar surface area (TPSA) is 94.0 Å². The lowest BCUT2D eigenvalue weighted by atomic mass is 10.4. The number of oxime groups is 1. The quantitative estimate of drug-likeness (QED) is 0.178. The molecule has 0 unspecified atom stereocenters. The van der Waals surface area contributed by atoms with E-state index in [9.17, 15) is 4.79 Å². The molecule has 0 atom stereocenters. The van der Waals surface area contributed by atoms with Crippen LogP contribution < -0.4 is 10.6 Å². The van der Waals surface area contributed by atoms with Gasteiger partial charge in [-0.15, -0.1) is 0 Å². The third kappa shape index (κ3) is 6.06. The summed E-state index contributed by atoms with van der Waals surface area (Å²) in [6.07, 6.45) is 0. The fraction of sp³-hybridized carbons (Fsp3) is 0.714. The van der Waals surface area contributed by atoms with Gasteiger partial charge in [-0.3, -0.25) is 4.79 Å².